The Labute approximate surface area is 94.0 Å². The Hall–Kier alpha value is -1.09. The molecule has 0 unspecified atom stereocenters. The van der Waals surface area contributed by atoms with Crippen molar-refractivity contribution in [1.29, 1.82) is 0 Å². The summed E-state index contributed by atoms with van der Waals surface area (Å²) in [6, 6.07) is 1.62. The van der Waals surface area contributed by atoms with E-state index in [0.29, 0.717) is 23.6 Å². The Morgan fingerprint density at radius 3 is 2.80 bits per heavy atom. The molecule has 0 fully saturated rings. The third kappa shape index (κ3) is 3.20. The van der Waals surface area contributed by atoms with Gasteiger partial charge in [-0.05, 0) is 18.9 Å². The highest BCUT2D eigenvalue weighted by Crippen LogP contribution is 2.10. The molecule has 3 nitrogen and oxygen atoms in total. The van der Waals surface area contributed by atoms with E-state index in [1.807, 2.05) is 0 Å². The highest BCUT2D eigenvalue weighted by atomic mass is 35.5. The Morgan fingerprint density at radius 2 is 2.27 bits per heavy atom. The number of halogens is 1. The third-order valence-electron chi connectivity index (χ3n) is 2.27. The van der Waals surface area contributed by atoms with E-state index in [4.69, 9.17) is 11.6 Å². The number of carbonyl (C=O) groups excluding carboxylic acids is 2. The molecule has 0 saturated heterocycles. The van der Waals surface area contributed by atoms with Crippen LogP contribution in [-0.4, -0.2) is 22.5 Å². The van der Waals surface area contributed by atoms with Gasteiger partial charge < -0.3 is 4.57 Å². The Bertz CT molecular complexity index is 357. The summed E-state index contributed by atoms with van der Waals surface area (Å²) in [5.74, 6) is 0.658. The van der Waals surface area contributed by atoms with Crippen molar-refractivity contribution in [2.75, 3.05) is 5.88 Å². The van der Waals surface area contributed by atoms with Gasteiger partial charge >= 0.3 is 0 Å². The standard InChI is InChI=1S/C11H14ClNO2/c1-13-7-9(6-10(13)8-14)11(15)4-2-3-5-12/h6-8H,2-5H2,1H3. The van der Waals surface area contributed by atoms with Crippen molar-refractivity contribution in [2.45, 2.75) is 19.3 Å². The molecule has 0 N–H and O–H groups in total. The first-order chi connectivity index (χ1) is 7.19. The minimum atomic E-state index is 0.0730. The van der Waals surface area contributed by atoms with Crippen LogP contribution in [0.2, 0.25) is 0 Å². The molecule has 1 aromatic rings. The summed E-state index contributed by atoms with van der Waals surface area (Å²) in [6.45, 7) is 0. The summed E-state index contributed by atoms with van der Waals surface area (Å²) in [7, 11) is 1.75. The number of hydrogen-bond acceptors (Lipinski definition) is 2. The number of Topliss-reactive ketones (excluding diaryl/α,β-unsaturated/α-hetero) is 1. The van der Waals surface area contributed by atoms with Crippen molar-refractivity contribution >= 4 is 23.7 Å². The minimum Gasteiger partial charge on any atom is -0.348 e. The molecule has 82 valence electrons. The fourth-order valence-electron chi connectivity index (χ4n) is 1.38. The van der Waals surface area contributed by atoms with Crippen LogP contribution in [0.25, 0.3) is 0 Å². The molecule has 0 aliphatic heterocycles. The van der Waals surface area contributed by atoms with Gasteiger partial charge in [-0.3, -0.25) is 9.59 Å². The number of alkyl halides is 1. The maximum Gasteiger partial charge on any atom is 0.166 e. The van der Waals surface area contributed by atoms with Crippen molar-refractivity contribution in [2.24, 2.45) is 7.05 Å². The molecule has 0 bridgehead atoms. The lowest BCUT2D eigenvalue weighted by Gasteiger charge is -1.95. The predicted molar refractivity (Wildman–Crippen MR) is 59.7 cm³/mol. The molecule has 0 aliphatic rings. The highest BCUT2D eigenvalue weighted by Gasteiger charge is 2.09. The Balaban J connectivity index is 2.61. The van der Waals surface area contributed by atoms with Crippen LogP contribution in [0.5, 0.6) is 0 Å². The average molecular weight is 228 g/mol. The maximum atomic E-state index is 11.6. The van der Waals surface area contributed by atoms with Gasteiger partial charge in [0.25, 0.3) is 0 Å². The molecule has 4 heteroatoms. The van der Waals surface area contributed by atoms with Gasteiger partial charge in [0.1, 0.15) is 0 Å². The fraction of sp³-hybridized carbons (Fsp3) is 0.455. The molecule has 0 radical (unpaired) electrons. The third-order valence-corrected chi connectivity index (χ3v) is 2.54. The number of ketones is 1. The molecule has 0 amide bonds. The summed E-state index contributed by atoms with van der Waals surface area (Å²) in [6.07, 6.45) is 4.58. The number of aryl methyl sites for hydroxylation is 1. The fourth-order valence-corrected chi connectivity index (χ4v) is 1.56. The summed E-state index contributed by atoms with van der Waals surface area (Å²) in [5, 5.41) is 0. The largest absolute Gasteiger partial charge is 0.348 e. The van der Waals surface area contributed by atoms with Gasteiger partial charge in [-0.1, -0.05) is 0 Å². The SMILES string of the molecule is Cn1cc(C(=O)CCCCCl)cc1C=O. The summed E-state index contributed by atoms with van der Waals surface area (Å²) in [4.78, 5) is 22.2. The molecule has 0 aliphatic carbocycles. The van der Waals surface area contributed by atoms with Crippen LogP contribution < -0.4 is 0 Å². The molecule has 0 atom stereocenters. The Morgan fingerprint density at radius 1 is 1.53 bits per heavy atom. The van der Waals surface area contributed by atoms with E-state index in [2.05, 4.69) is 0 Å². The van der Waals surface area contributed by atoms with E-state index in [-0.39, 0.29) is 5.78 Å². The average Bonchev–Trinajstić information content (AvgIpc) is 2.60. The van der Waals surface area contributed by atoms with E-state index >= 15 is 0 Å². The number of aromatic nitrogens is 1. The molecular formula is C11H14ClNO2. The first kappa shape index (κ1) is 12.0. The first-order valence-corrected chi connectivity index (χ1v) is 5.43. The quantitative estimate of drug-likeness (QED) is 0.324. The van der Waals surface area contributed by atoms with Crippen molar-refractivity contribution in [1.82, 2.24) is 4.57 Å². The smallest absolute Gasteiger partial charge is 0.166 e. The van der Waals surface area contributed by atoms with Crippen molar-refractivity contribution in [3.63, 3.8) is 0 Å². The summed E-state index contributed by atoms with van der Waals surface area (Å²) in [5.41, 5.74) is 1.13. The zero-order chi connectivity index (χ0) is 11.3. The van der Waals surface area contributed by atoms with Gasteiger partial charge in [0.15, 0.2) is 12.1 Å². The Kier molecular flexibility index (Phi) is 4.56. The van der Waals surface area contributed by atoms with Crippen molar-refractivity contribution in [3.8, 4) is 0 Å². The molecule has 1 aromatic heterocycles. The van der Waals surface area contributed by atoms with Crippen molar-refractivity contribution in [3.05, 3.63) is 23.5 Å². The number of aldehydes is 1. The van der Waals surface area contributed by atoms with Crippen LogP contribution in [0.4, 0.5) is 0 Å². The van der Waals surface area contributed by atoms with Gasteiger partial charge in [0.2, 0.25) is 0 Å². The van der Waals surface area contributed by atoms with E-state index in [9.17, 15) is 9.59 Å². The maximum absolute atomic E-state index is 11.6. The second kappa shape index (κ2) is 5.71. The van der Waals surface area contributed by atoms with E-state index < -0.39 is 0 Å². The van der Waals surface area contributed by atoms with Crippen molar-refractivity contribution < 1.29 is 9.59 Å². The number of carbonyl (C=O) groups is 2. The lowest BCUT2D eigenvalue weighted by Crippen LogP contribution is -1.97. The van der Waals surface area contributed by atoms with E-state index in [1.165, 1.54) is 0 Å². The van der Waals surface area contributed by atoms with Gasteiger partial charge in [-0.25, -0.2) is 0 Å². The second-order valence-electron chi connectivity index (χ2n) is 3.45. The van der Waals surface area contributed by atoms with Crippen LogP contribution in [0.3, 0.4) is 0 Å². The van der Waals surface area contributed by atoms with E-state index in [1.54, 1.807) is 23.9 Å². The summed E-state index contributed by atoms with van der Waals surface area (Å²) < 4.78 is 1.65. The lowest BCUT2D eigenvalue weighted by atomic mass is 10.1. The van der Waals surface area contributed by atoms with Gasteiger partial charge in [0, 0.05) is 31.1 Å². The number of rotatable bonds is 6. The molecule has 1 rings (SSSR count). The molecule has 1 heterocycles. The normalized spacial score (nSPS) is 10.3. The molecule has 15 heavy (non-hydrogen) atoms. The predicted octanol–water partition coefficient (Wildman–Crippen LogP) is 2.43. The zero-order valence-electron chi connectivity index (χ0n) is 8.70. The highest BCUT2D eigenvalue weighted by molar-refractivity contribution is 6.17. The van der Waals surface area contributed by atoms with Gasteiger partial charge in [0.05, 0.1) is 5.69 Å². The van der Waals surface area contributed by atoms with Crippen LogP contribution >= 0.6 is 11.6 Å². The monoisotopic (exact) mass is 227 g/mol. The molecule has 0 aromatic carbocycles. The van der Waals surface area contributed by atoms with Crippen LogP contribution in [0.1, 0.15) is 40.1 Å². The zero-order valence-corrected chi connectivity index (χ0v) is 9.46. The summed E-state index contributed by atoms with van der Waals surface area (Å²) >= 11 is 5.52. The van der Waals surface area contributed by atoms with Crippen LogP contribution in [0, 0.1) is 0 Å². The topological polar surface area (TPSA) is 39.1 Å². The number of nitrogens with zero attached hydrogens (tertiary/aromatic N) is 1. The molecule has 0 spiro atoms. The lowest BCUT2D eigenvalue weighted by molar-refractivity contribution is 0.0979. The van der Waals surface area contributed by atoms with Crippen LogP contribution in [-0.2, 0) is 7.05 Å². The van der Waals surface area contributed by atoms with Gasteiger partial charge in [-0.15, -0.1) is 11.6 Å². The second-order valence-corrected chi connectivity index (χ2v) is 3.83. The van der Waals surface area contributed by atoms with Crippen LogP contribution in [0.15, 0.2) is 12.3 Å². The molecule has 0 saturated carbocycles. The number of unbranched alkanes of at least 4 members (excludes halogenated alkanes) is 1. The number of hydrogen-bond donors (Lipinski definition) is 0. The minimum absolute atomic E-state index is 0.0730. The first-order valence-electron chi connectivity index (χ1n) is 4.89. The van der Waals surface area contributed by atoms with E-state index in [0.717, 1.165) is 19.1 Å². The molecular weight excluding hydrogens is 214 g/mol. The van der Waals surface area contributed by atoms with Gasteiger partial charge in [-0.2, -0.15) is 0 Å².